The van der Waals surface area contributed by atoms with Gasteiger partial charge in [0.25, 0.3) is 5.91 Å². The van der Waals surface area contributed by atoms with Gasteiger partial charge in [-0.1, -0.05) is 18.2 Å². The van der Waals surface area contributed by atoms with Crippen LogP contribution in [-0.4, -0.2) is 49.7 Å². The number of aldehydes is 1. The second kappa shape index (κ2) is 10.8. The minimum atomic E-state index is -0.0558. The van der Waals surface area contributed by atoms with Gasteiger partial charge in [-0.15, -0.1) is 0 Å². The molecular formula is C28H34N4O3. The number of nitrogens with one attached hydrogen (secondary N) is 2. The summed E-state index contributed by atoms with van der Waals surface area (Å²) in [6, 6.07) is 13.6. The normalized spacial score (nSPS) is 16.3. The van der Waals surface area contributed by atoms with Gasteiger partial charge >= 0.3 is 0 Å². The van der Waals surface area contributed by atoms with E-state index in [1.165, 1.54) is 0 Å². The van der Waals surface area contributed by atoms with E-state index in [2.05, 4.69) is 10.6 Å². The first kappa shape index (κ1) is 24.5. The summed E-state index contributed by atoms with van der Waals surface area (Å²) in [5, 5.41) is 6.58. The first-order valence-corrected chi connectivity index (χ1v) is 12.3. The molecule has 0 unspecified atom stereocenters. The molecule has 2 amide bonds. The van der Waals surface area contributed by atoms with Gasteiger partial charge in [0.05, 0.1) is 17.9 Å². The standard InChI is InChI=1S/C28H34N4O3/c1-19-16-23(9-8-22(19)10-11-26(34)31-14-12-21(18-33)13-15-31)28(35)32-17-20(2)27(29-3)30-24-6-4-5-7-25(24)32/h4-9,16,18,21,29-30H,10-15,17H2,1-3H3. The highest BCUT2D eigenvalue weighted by Gasteiger charge is 2.25. The van der Waals surface area contributed by atoms with E-state index in [4.69, 9.17) is 0 Å². The molecule has 4 rings (SSSR count). The van der Waals surface area contributed by atoms with Crippen LogP contribution in [0.3, 0.4) is 0 Å². The number of anilines is 2. The number of carbonyl (C=O) groups excluding carboxylic acids is 3. The Kier molecular flexibility index (Phi) is 7.54. The average molecular weight is 475 g/mol. The van der Waals surface area contributed by atoms with E-state index in [0.29, 0.717) is 38.0 Å². The summed E-state index contributed by atoms with van der Waals surface area (Å²) in [4.78, 5) is 40.9. The maximum absolute atomic E-state index is 13.6. The van der Waals surface area contributed by atoms with Crippen molar-refractivity contribution in [2.24, 2.45) is 5.92 Å². The maximum atomic E-state index is 13.6. The van der Waals surface area contributed by atoms with Crippen LogP contribution < -0.4 is 15.5 Å². The minimum Gasteiger partial charge on any atom is -0.375 e. The SMILES string of the molecule is CNC1=C(C)CN(C(=O)c2ccc(CCC(=O)N3CCC(C=O)CC3)c(C)c2)c2ccccc2N1. The molecule has 0 bridgehead atoms. The third kappa shape index (κ3) is 5.39. The predicted molar refractivity (Wildman–Crippen MR) is 138 cm³/mol. The van der Waals surface area contributed by atoms with Gasteiger partial charge in [0.15, 0.2) is 0 Å². The number of carbonyl (C=O) groups is 3. The van der Waals surface area contributed by atoms with Gasteiger partial charge in [0.1, 0.15) is 12.1 Å². The number of hydrogen-bond acceptors (Lipinski definition) is 5. The Labute approximate surface area is 207 Å². The van der Waals surface area contributed by atoms with E-state index < -0.39 is 0 Å². The Balaban J connectivity index is 1.46. The van der Waals surface area contributed by atoms with Crippen molar-refractivity contribution in [2.75, 3.05) is 36.9 Å². The minimum absolute atomic E-state index is 0.0558. The fraction of sp³-hybridized carbons (Fsp3) is 0.393. The van der Waals surface area contributed by atoms with Crippen LogP contribution in [-0.2, 0) is 16.0 Å². The number of fused-ring (bicyclic) bond motifs is 1. The number of rotatable bonds is 6. The number of hydrogen-bond donors (Lipinski definition) is 2. The third-order valence-corrected chi connectivity index (χ3v) is 7.05. The van der Waals surface area contributed by atoms with E-state index >= 15 is 0 Å². The molecule has 0 aliphatic carbocycles. The molecule has 35 heavy (non-hydrogen) atoms. The Morgan fingerprint density at radius 3 is 2.54 bits per heavy atom. The van der Waals surface area contributed by atoms with Gasteiger partial charge in [-0.3, -0.25) is 9.59 Å². The molecule has 2 aromatic rings. The van der Waals surface area contributed by atoms with Crippen molar-refractivity contribution in [2.45, 2.75) is 39.5 Å². The van der Waals surface area contributed by atoms with E-state index in [1.54, 1.807) is 0 Å². The second-order valence-electron chi connectivity index (χ2n) is 9.43. The molecule has 0 saturated carbocycles. The molecule has 0 radical (unpaired) electrons. The highest BCUT2D eigenvalue weighted by atomic mass is 16.2. The van der Waals surface area contributed by atoms with E-state index in [1.807, 2.05) is 73.2 Å². The zero-order valence-corrected chi connectivity index (χ0v) is 20.8. The summed E-state index contributed by atoms with van der Waals surface area (Å²) in [6.45, 7) is 5.80. The van der Waals surface area contributed by atoms with Crippen LogP contribution in [0, 0.1) is 12.8 Å². The van der Waals surface area contributed by atoms with Crippen molar-refractivity contribution in [1.29, 1.82) is 0 Å². The molecule has 7 heteroatoms. The molecular weight excluding hydrogens is 440 g/mol. The van der Waals surface area contributed by atoms with Crippen molar-refractivity contribution in [1.82, 2.24) is 10.2 Å². The van der Waals surface area contributed by atoms with Crippen molar-refractivity contribution in [3.05, 3.63) is 70.5 Å². The van der Waals surface area contributed by atoms with Crippen molar-refractivity contribution in [3.8, 4) is 0 Å². The van der Waals surface area contributed by atoms with Crippen LogP contribution in [0.1, 0.15) is 47.7 Å². The maximum Gasteiger partial charge on any atom is 0.258 e. The summed E-state index contributed by atoms with van der Waals surface area (Å²) in [5.74, 6) is 1.06. The molecule has 0 spiro atoms. The molecule has 2 aromatic carbocycles. The number of para-hydroxylation sites is 2. The van der Waals surface area contributed by atoms with Crippen LogP contribution in [0.4, 0.5) is 11.4 Å². The van der Waals surface area contributed by atoms with Gasteiger partial charge < -0.3 is 25.2 Å². The Morgan fingerprint density at radius 1 is 1.11 bits per heavy atom. The van der Waals surface area contributed by atoms with Crippen LogP contribution in [0.5, 0.6) is 0 Å². The van der Waals surface area contributed by atoms with Gasteiger partial charge in [-0.2, -0.15) is 0 Å². The highest BCUT2D eigenvalue weighted by molar-refractivity contribution is 6.08. The molecule has 184 valence electrons. The van der Waals surface area contributed by atoms with Gasteiger partial charge in [0, 0.05) is 38.0 Å². The summed E-state index contributed by atoms with van der Waals surface area (Å²) < 4.78 is 0. The first-order chi connectivity index (χ1) is 16.9. The first-order valence-electron chi connectivity index (χ1n) is 12.3. The third-order valence-electron chi connectivity index (χ3n) is 7.05. The smallest absolute Gasteiger partial charge is 0.258 e. The van der Waals surface area contributed by atoms with Crippen LogP contribution in [0.15, 0.2) is 53.9 Å². The van der Waals surface area contributed by atoms with Crippen LogP contribution in [0.2, 0.25) is 0 Å². The number of nitrogens with zero attached hydrogens (tertiary/aromatic N) is 2. The molecule has 2 N–H and O–H groups in total. The number of aryl methyl sites for hydroxylation is 2. The van der Waals surface area contributed by atoms with Crippen molar-refractivity contribution in [3.63, 3.8) is 0 Å². The Bertz CT molecular complexity index is 1150. The fourth-order valence-corrected chi connectivity index (χ4v) is 4.86. The van der Waals surface area contributed by atoms with E-state index in [0.717, 1.165) is 53.0 Å². The van der Waals surface area contributed by atoms with E-state index in [9.17, 15) is 14.4 Å². The topological polar surface area (TPSA) is 81.8 Å². The second-order valence-corrected chi connectivity index (χ2v) is 9.43. The van der Waals surface area contributed by atoms with Crippen molar-refractivity contribution >= 4 is 29.5 Å². The predicted octanol–water partition coefficient (Wildman–Crippen LogP) is 3.89. The largest absolute Gasteiger partial charge is 0.375 e. The number of benzene rings is 2. The molecule has 1 saturated heterocycles. The molecule has 0 aromatic heterocycles. The van der Waals surface area contributed by atoms with Gasteiger partial charge in [-0.25, -0.2) is 0 Å². The van der Waals surface area contributed by atoms with Crippen LogP contribution >= 0.6 is 0 Å². The van der Waals surface area contributed by atoms with Gasteiger partial charge in [-0.05, 0) is 74.1 Å². The summed E-state index contributed by atoms with van der Waals surface area (Å²) in [5.41, 5.74) is 5.47. The molecule has 2 aliphatic heterocycles. The summed E-state index contributed by atoms with van der Waals surface area (Å²) >= 11 is 0. The molecule has 1 fully saturated rings. The highest BCUT2D eigenvalue weighted by Crippen LogP contribution is 2.32. The zero-order valence-electron chi connectivity index (χ0n) is 20.8. The summed E-state index contributed by atoms with van der Waals surface area (Å²) in [7, 11) is 1.87. The number of amides is 2. The lowest BCUT2D eigenvalue weighted by Gasteiger charge is -2.29. The lowest BCUT2D eigenvalue weighted by molar-refractivity contribution is -0.133. The Morgan fingerprint density at radius 2 is 1.86 bits per heavy atom. The lowest BCUT2D eigenvalue weighted by Crippen LogP contribution is -2.38. The van der Waals surface area contributed by atoms with Gasteiger partial charge in [0.2, 0.25) is 5.91 Å². The molecule has 0 atom stereocenters. The molecule has 2 heterocycles. The van der Waals surface area contributed by atoms with Crippen molar-refractivity contribution < 1.29 is 14.4 Å². The number of likely N-dealkylation sites (tertiary alicyclic amines) is 1. The molecule has 2 aliphatic rings. The quantitative estimate of drug-likeness (QED) is 0.621. The summed E-state index contributed by atoms with van der Waals surface area (Å²) in [6.07, 6.45) is 3.58. The molecule has 7 nitrogen and oxygen atoms in total. The zero-order chi connectivity index (χ0) is 24.9. The average Bonchev–Trinajstić information content (AvgIpc) is 3.03. The monoisotopic (exact) mass is 474 g/mol. The van der Waals surface area contributed by atoms with E-state index in [-0.39, 0.29) is 17.7 Å². The lowest BCUT2D eigenvalue weighted by atomic mass is 9.97. The Hall–Kier alpha value is -3.61. The fourth-order valence-electron chi connectivity index (χ4n) is 4.86. The number of piperidine rings is 1. The van der Waals surface area contributed by atoms with Crippen LogP contribution in [0.25, 0.3) is 0 Å².